The van der Waals surface area contributed by atoms with E-state index in [0.717, 1.165) is 21.8 Å². The number of halogens is 2. The molecule has 26 heavy (non-hydrogen) atoms. The van der Waals surface area contributed by atoms with Crippen molar-refractivity contribution in [2.24, 2.45) is 0 Å². The van der Waals surface area contributed by atoms with Crippen molar-refractivity contribution in [3.63, 3.8) is 0 Å². The van der Waals surface area contributed by atoms with Gasteiger partial charge < -0.3 is 5.32 Å². The zero-order valence-electron chi connectivity index (χ0n) is 13.6. The number of rotatable bonds is 5. The molecule has 0 fully saturated rings. The summed E-state index contributed by atoms with van der Waals surface area (Å²) >= 11 is 9.05. The molecule has 0 spiro atoms. The largest absolute Gasteiger partial charge is 0.320 e. The fourth-order valence-electron chi connectivity index (χ4n) is 2.04. The van der Waals surface area contributed by atoms with Gasteiger partial charge in [0.25, 0.3) is 5.91 Å². The van der Waals surface area contributed by atoms with Crippen LogP contribution in [0.25, 0.3) is 11.1 Å². The number of amides is 1. The average molecular weight is 406 g/mol. The van der Waals surface area contributed by atoms with Crippen LogP contribution in [0.3, 0.4) is 0 Å². The summed E-state index contributed by atoms with van der Waals surface area (Å²) in [4.78, 5) is 13.4. The van der Waals surface area contributed by atoms with Gasteiger partial charge in [-0.1, -0.05) is 35.1 Å². The zero-order chi connectivity index (χ0) is 18.5. The van der Waals surface area contributed by atoms with Crippen LogP contribution < -0.4 is 5.32 Å². The van der Waals surface area contributed by atoms with E-state index in [0.29, 0.717) is 15.7 Å². The van der Waals surface area contributed by atoms with Gasteiger partial charge in [0.15, 0.2) is 5.01 Å². The molecule has 132 valence electrons. The molecule has 1 N–H and O–H groups in total. The maximum Gasteiger partial charge on any atom is 0.286 e. The fourth-order valence-corrected chi connectivity index (χ4v) is 3.37. The van der Waals surface area contributed by atoms with Crippen LogP contribution in [0.2, 0.25) is 0 Å². The molecule has 0 radical (unpaired) electrons. The third kappa shape index (κ3) is 4.69. The number of hydrogen-bond acceptors (Lipinski definition) is 5. The summed E-state index contributed by atoms with van der Waals surface area (Å²) < 4.78 is 12.9. The van der Waals surface area contributed by atoms with E-state index >= 15 is 0 Å². The first-order valence-corrected chi connectivity index (χ1v) is 9.89. The number of nitrogens with one attached hydrogen (secondary N) is 1. The number of carbonyl (C=O) groups is 1. The van der Waals surface area contributed by atoms with Gasteiger partial charge in [-0.05, 0) is 54.3 Å². The van der Waals surface area contributed by atoms with E-state index in [4.69, 9.17) is 11.6 Å². The Morgan fingerprint density at radius 2 is 1.77 bits per heavy atom. The summed E-state index contributed by atoms with van der Waals surface area (Å²) in [5, 5.41) is 11.5. The van der Waals surface area contributed by atoms with Crippen molar-refractivity contribution >= 4 is 57.4 Å². The van der Waals surface area contributed by atoms with Gasteiger partial charge in [0.05, 0.1) is 5.03 Å². The minimum absolute atomic E-state index is 0.175. The van der Waals surface area contributed by atoms with Gasteiger partial charge in [-0.2, -0.15) is 0 Å². The maximum atomic E-state index is 12.9. The predicted molar refractivity (Wildman–Crippen MR) is 106 cm³/mol. The molecule has 2 aromatic carbocycles. The molecule has 0 aliphatic heterocycles. The first-order valence-electron chi connectivity index (χ1n) is 7.47. The van der Waals surface area contributed by atoms with E-state index in [1.807, 2.05) is 30.5 Å². The van der Waals surface area contributed by atoms with Crippen molar-refractivity contribution in [2.45, 2.75) is 4.90 Å². The van der Waals surface area contributed by atoms with Crippen LogP contribution in [0.1, 0.15) is 20.4 Å². The predicted octanol–water partition coefficient (Wildman–Crippen LogP) is 5.39. The third-order valence-corrected chi connectivity index (χ3v) is 5.43. The first-order chi connectivity index (χ1) is 12.5. The SMILES string of the molecule is CSc1ccc(/C=C(\Cl)c2nnc(C(=O)Nc3ccc(F)cc3)s2)cc1. The quantitative estimate of drug-likeness (QED) is 0.578. The summed E-state index contributed by atoms with van der Waals surface area (Å²) in [5.41, 5.74) is 1.41. The number of thioether (sulfide) groups is 1. The summed E-state index contributed by atoms with van der Waals surface area (Å²) in [5.74, 6) is -0.794. The lowest BCUT2D eigenvalue weighted by atomic mass is 10.2. The molecule has 0 aliphatic carbocycles. The van der Waals surface area contributed by atoms with Crippen LogP contribution in [-0.2, 0) is 0 Å². The van der Waals surface area contributed by atoms with Crippen LogP contribution in [0.5, 0.6) is 0 Å². The van der Waals surface area contributed by atoms with Crippen molar-refractivity contribution in [3.05, 3.63) is 69.9 Å². The highest BCUT2D eigenvalue weighted by atomic mass is 35.5. The molecule has 0 unspecified atom stereocenters. The summed E-state index contributed by atoms with van der Waals surface area (Å²) in [6.45, 7) is 0. The van der Waals surface area contributed by atoms with Gasteiger partial charge in [0.2, 0.25) is 5.01 Å². The van der Waals surface area contributed by atoms with Crippen molar-refractivity contribution in [1.29, 1.82) is 0 Å². The molecule has 3 aromatic rings. The van der Waals surface area contributed by atoms with Crippen molar-refractivity contribution in [3.8, 4) is 0 Å². The smallest absolute Gasteiger partial charge is 0.286 e. The Kier molecular flexibility index (Phi) is 6.03. The van der Waals surface area contributed by atoms with E-state index in [1.54, 1.807) is 17.8 Å². The zero-order valence-corrected chi connectivity index (χ0v) is 16.0. The molecule has 1 amide bonds. The summed E-state index contributed by atoms with van der Waals surface area (Å²) in [6, 6.07) is 13.4. The van der Waals surface area contributed by atoms with E-state index in [9.17, 15) is 9.18 Å². The molecule has 0 atom stereocenters. The van der Waals surface area contributed by atoms with Gasteiger partial charge in [-0.15, -0.1) is 22.0 Å². The van der Waals surface area contributed by atoms with Crippen LogP contribution in [-0.4, -0.2) is 22.4 Å². The molecular weight excluding hydrogens is 393 g/mol. The highest BCUT2D eigenvalue weighted by Gasteiger charge is 2.15. The second-order valence-electron chi connectivity index (χ2n) is 5.14. The fraction of sp³-hybridized carbons (Fsp3) is 0.0556. The minimum atomic E-state index is -0.422. The van der Waals surface area contributed by atoms with Gasteiger partial charge >= 0.3 is 0 Å². The normalized spacial score (nSPS) is 11.4. The van der Waals surface area contributed by atoms with Crippen molar-refractivity contribution in [1.82, 2.24) is 10.2 Å². The molecule has 4 nitrogen and oxygen atoms in total. The van der Waals surface area contributed by atoms with Gasteiger partial charge in [-0.3, -0.25) is 4.79 Å². The standard InChI is InChI=1S/C18H13ClFN3OS2/c1-25-14-8-2-11(3-9-14)10-15(19)17-22-23-18(26-17)16(24)21-13-6-4-12(20)5-7-13/h2-10H,1H3,(H,21,24)/b15-10-. The molecule has 0 aliphatic rings. The van der Waals surface area contributed by atoms with E-state index in [2.05, 4.69) is 15.5 Å². The summed E-state index contributed by atoms with van der Waals surface area (Å²) in [6.07, 6.45) is 3.78. The van der Waals surface area contributed by atoms with E-state index in [1.165, 1.54) is 24.3 Å². The van der Waals surface area contributed by atoms with Crippen LogP contribution in [0.15, 0.2) is 53.4 Å². The maximum absolute atomic E-state index is 12.9. The third-order valence-electron chi connectivity index (χ3n) is 3.33. The number of aromatic nitrogens is 2. The Morgan fingerprint density at radius 1 is 1.12 bits per heavy atom. The Bertz CT molecular complexity index is 940. The second-order valence-corrected chi connectivity index (χ2v) is 7.40. The highest BCUT2D eigenvalue weighted by molar-refractivity contribution is 7.98. The number of hydrogen-bond donors (Lipinski definition) is 1. The van der Waals surface area contributed by atoms with Crippen LogP contribution in [0.4, 0.5) is 10.1 Å². The highest BCUT2D eigenvalue weighted by Crippen LogP contribution is 2.26. The number of nitrogens with zero attached hydrogens (tertiary/aromatic N) is 2. The number of anilines is 1. The van der Waals surface area contributed by atoms with Crippen molar-refractivity contribution in [2.75, 3.05) is 11.6 Å². The first kappa shape index (κ1) is 18.6. The second kappa shape index (κ2) is 8.44. The Balaban J connectivity index is 1.72. The molecular formula is C18H13ClFN3OS2. The molecule has 0 bridgehead atoms. The lowest BCUT2D eigenvalue weighted by Gasteiger charge is -2.01. The van der Waals surface area contributed by atoms with Crippen molar-refractivity contribution < 1.29 is 9.18 Å². The van der Waals surface area contributed by atoms with Gasteiger partial charge in [-0.25, -0.2) is 4.39 Å². The molecule has 1 heterocycles. The summed E-state index contributed by atoms with van der Waals surface area (Å²) in [7, 11) is 0. The Hall–Kier alpha value is -2.22. The molecule has 0 saturated carbocycles. The minimum Gasteiger partial charge on any atom is -0.320 e. The van der Waals surface area contributed by atoms with Crippen LogP contribution in [0, 0.1) is 5.82 Å². The molecule has 3 rings (SSSR count). The van der Waals surface area contributed by atoms with Gasteiger partial charge in [0.1, 0.15) is 5.82 Å². The lowest BCUT2D eigenvalue weighted by Crippen LogP contribution is -2.11. The molecule has 1 aromatic heterocycles. The van der Waals surface area contributed by atoms with E-state index in [-0.39, 0.29) is 10.8 Å². The Morgan fingerprint density at radius 3 is 2.42 bits per heavy atom. The Labute approximate surface area is 163 Å². The molecule has 0 saturated heterocycles. The lowest BCUT2D eigenvalue weighted by molar-refractivity contribution is 0.102. The average Bonchev–Trinajstić information content (AvgIpc) is 3.15. The van der Waals surface area contributed by atoms with E-state index < -0.39 is 5.91 Å². The van der Waals surface area contributed by atoms with Crippen LogP contribution >= 0.6 is 34.7 Å². The number of carbonyl (C=O) groups excluding carboxylic acids is 1. The van der Waals surface area contributed by atoms with Gasteiger partial charge in [0, 0.05) is 10.6 Å². The number of benzene rings is 2. The molecule has 8 heteroatoms. The topological polar surface area (TPSA) is 54.9 Å². The monoisotopic (exact) mass is 405 g/mol.